The predicted molar refractivity (Wildman–Crippen MR) is 118 cm³/mol. The third kappa shape index (κ3) is 5.66. The monoisotopic (exact) mass is 431 g/mol. The lowest BCUT2D eigenvalue weighted by molar-refractivity contribution is -0.0509. The lowest BCUT2D eigenvalue weighted by Gasteiger charge is -2.44. The van der Waals surface area contributed by atoms with Gasteiger partial charge in [-0.1, -0.05) is 18.2 Å². The SMILES string of the molecule is COc1ccc(N2CCN([C@@H]3CCCN(Cc4ccccc4OC(F)F)C3)CC2)cc1. The lowest BCUT2D eigenvalue weighted by atomic mass is 10.0. The molecule has 2 saturated heterocycles. The molecule has 2 aliphatic heterocycles. The van der Waals surface area contributed by atoms with E-state index in [2.05, 4.69) is 26.8 Å². The van der Waals surface area contributed by atoms with E-state index < -0.39 is 6.61 Å². The second-order valence-electron chi connectivity index (χ2n) is 8.24. The summed E-state index contributed by atoms with van der Waals surface area (Å²) in [6.45, 7) is 3.90. The first kappa shape index (κ1) is 21.8. The van der Waals surface area contributed by atoms with Crippen molar-refractivity contribution in [3.05, 3.63) is 54.1 Å². The van der Waals surface area contributed by atoms with Gasteiger partial charge < -0.3 is 14.4 Å². The number of piperidine rings is 1. The van der Waals surface area contributed by atoms with E-state index in [1.807, 2.05) is 24.3 Å². The van der Waals surface area contributed by atoms with Crippen LogP contribution in [0.1, 0.15) is 18.4 Å². The maximum atomic E-state index is 12.7. The van der Waals surface area contributed by atoms with Gasteiger partial charge in [-0.05, 0) is 49.7 Å². The summed E-state index contributed by atoms with van der Waals surface area (Å²) in [5, 5.41) is 0. The molecule has 0 spiro atoms. The van der Waals surface area contributed by atoms with Crippen molar-refractivity contribution >= 4 is 5.69 Å². The summed E-state index contributed by atoms with van der Waals surface area (Å²) in [6, 6.07) is 15.9. The van der Waals surface area contributed by atoms with Gasteiger partial charge in [-0.3, -0.25) is 9.80 Å². The molecule has 31 heavy (non-hydrogen) atoms. The molecule has 2 aromatic rings. The number of anilines is 1. The van der Waals surface area contributed by atoms with Gasteiger partial charge in [-0.2, -0.15) is 8.78 Å². The maximum absolute atomic E-state index is 12.7. The van der Waals surface area contributed by atoms with Crippen molar-refractivity contribution in [2.45, 2.75) is 32.0 Å². The molecule has 0 aromatic heterocycles. The molecule has 2 aromatic carbocycles. The number of hydrogen-bond donors (Lipinski definition) is 0. The largest absolute Gasteiger partial charge is 0.497 e. The van der Waals surface area contributed by atoms with Gasteiger partial charge in [0.15, 0.2) is 0 Å². The van der Waals surface area contributed by atoms with Gasteiger partial charge in [0.1, 0.15) is 11.5 Å². The maximum Gasteiger partial charge on any atom is 0.387 e. The fraction of sp³-hybridized carbons (Fsp3) is 0.500. The van der Waals surface area contributed by atoms with Crippen molar-refractivity contribution in [2.75, 3.05) is 51.3 Å². The molecular weight excluding hydrogens is 400 g/mol. The molecule has 2 aliphatic rings. The summed E-state index contributed by atoms with van der Waals surface area (Å²) in [5.74, 6) is 1.16. The molecular formula is C24H31F2N3O2. The Morgan fingerprint density at radius 2 is 1.71 bits per heavy atom. The Morgan fingerprint density at radius 3 is 2.42 bits per heavy atom. The fourth-order valence-electron chi connectivity index (χ4n) is 4.70. The molecule has 7 heteroatoms. The van der Waals surface area contributed by atoms with E-state index in [4.69, 9.17) is 9.47 Å². The summed E-state index contributed by atoms with van der Waals surface area (Å²) in [5.41, 5.74) is 2.06. The van der Waals surface area contributed by atoms with Gasteiger partial charge in [-0.15, -0.1) is 0 Å². The number of likely N-dealkylation sites (tertiary alicyclic amines) is 1. The molecule has 0 bridgehead atoms. The highest BCUT2D eigenvalue weighted by Gasteiger charge is 2.28. The number of para-hydroxylation sites is 1. The van der Waals surface area contributed by atoms with Gasteiger partial charge in [0.25, 0.3) is 0 Å². The molecule has 0 unspecified atom stereocenters. The highest BCUT2D eigenvalue weighted by molar-refractivity contribution is 5.49. The summed E-state index contributed by atoms with van der Waals surface area (Å²) in [6.07, 6.45) is 2.31. The molecule has 5 nitrogen and oxygen atoms in total. The van der Waals surface area contributed by atoms with Crippen molar-refractivity contribution in [3.8, 4) is 11.5 Å². The topological polar surface area (TPSA) is 28.2 Å². The molecule has 0 aliphatic carbocycles. The third-order valence-corrected chi connectivity index (χ3v) is 6.33. The Labute approximate surface area is 183 Å². The first-order valence-electron chi connectivity index (χ1n) is 11.0. The van der Waals surface area contributed by atoms with Gasteiger partial charge in [-0.25, -0.2) is 0 Å². The summed E-state index contributed by atoms with van der Waals surface area (Å²) < 4.78 is 35.4. The lowest BCUT2D eigenvalue weighted by Crippen LogP contribution is -2.55. The van der Waals surface area contributed by atoms with E-state index in [0.717, 1.165) is 57.0 Å². The average molecular weight is 432 g/mol. The number of methoxy groups -OCH3 is 1. The van der Waals surface area contributed by atoms with Gasteiger partial charge in [0.2, 0.25) is 0 Å². The fourth-order valence-corrected chi connectivity index (χ4v) is 4.70. The van der Waals surface area contributed by atoms with Crippen LogP contribution in [-0.2, 0) is 6.54 Å². The number of benzene rings is 2. The standard InChI is InChI=1S/C24H31F2N3O2/c1-30-22-10-8-20(9-11-22)28-13-15-29(16-14-28)21-6-4-12-27(18-21)17-19-5-2-3-7-23(19)31-24(25)26/h2-3,5,7-11,21,24H,4,6,12-18H2,1H3/t21-/m1/s1. The first-order chi connectivity index (χ1) is 15.1. The van der Waals surface area contributed by atoms with Crippen LogP contribution in [0, 0.1) is 0 Å². The zero-order valence-electron chi connectivity index (χ0n) is 18.1. The van der Waals surface area contributed by atoms with E-state index >= 15 is 0 Å². The third-order valence-electron chi connectivity index (χ3n) is 6.33. The zero-order chi connectivity index (χ0) is 21.6. The summed E-state index contributed by atoms with van der Waals surface area (Å²) in [7, 11) is 1.69. The van der Waals surface area contributed by atoms with Crippen molar-refractivity contribution in [3.63, 3.8) is 0 Å². The minimum atomic E-state index is -2.79. The van der Waals surface area contributed by atoms with Gasteiger partial charge in [0, 0.05) is 56.6 Å². The van der Waals surface area contributed by atoms with Crippen LogP contribution in [0.5, 0.6) is 11.5 Å². The number of piperazine rings is 1. The van der Waals surface area contributed by atoms with Crippen molar-refractivity contribution < 1.29 is 18.3 Å². The van der Waals surface area contributed by atoms with Gasteiger partial charge >= 0.3 is 6.61 Å². The van der Waals surface area contributed by atoms with Crippen molar-refractivity contribution in [2.24, 2.45) is 0 Å². The Bertz CT molecular complexity index is 826. The average Bonchev–Trinajstić information content (AvgIpc) is 2.80. The normalized spacial score (nSPS) is 20.8. The number of alkyl halides is 2. The molecule has 4 rings (SSSR count). The van der Waals surface area contributed by atoms with Crippen LogP contribution >= 0.6 is 0 Å². The Morgan fingerprint density at radius 1 is 0.968 bits per heavy atom. The molecule has 0 N–H and O–H groups in total. The van der Waals surface area contributed by atoms with E-state index in [9.17, 15) is 8.78 Å². The molecule has 1 atom stereocenters. The number of hydrogen-bond acceptors (Lipinski definition) is 5. The number of nitrogens with zero attached hydrogens (tertiary/aromatic N) is 3. The minimum absolute atomic E-state index is 0.285. The second-order valence-corrected chi connectivity index (χ2v) is 8.24. The molecule has 2 fully saturated rings. The van der Waals surface area contributed by atoms with Crippen LogP contribution in [0.4, 0.5) is 14.5 Å². The Kier molecular flexibility index (Phi) is 7.25. The zero-order valence-corrected chi connectivity index (χ0v) is 18.1. The second kappa shape index (κ2) is 10.3. The van der Waals surface area contributed by atoms with E-state index in [-0.39, 0.29) is 5.75 Å². The van der Waals surface area contributed by atoms with Crippen molar-refractivity contribution in [1.82, 2.24) is 9.80 Å². The molecule has 168 valence electrons. The quantitative estimate of drug-likeness (QED) is 0.659. The summed E-state index contributed by atoms with van der Waals surface area (Å²) in [4.78, 5) is 7.39. The number of rotatable bonds is 7. The summed E-state index contributed by atoms with van der Waals surface area (Å²) >= 11 is 0. The van der Waals surface area contributed by atoms with Gasteiger partial charge in [0.05, 0.1) is 7.11 Å². The Hall–Kier alpha value is -2.38. The smallest absolute Gasteiger partial charge is 0.387 e. The van der Waals surface area contributed by atoms with Crippen LogP contribution in [-0.4, -0.2) is 68.8 Å². The van der Waals surface area contributed by atoms with E-state index in [1.165, 1.54) is 12.1 Å². The number of ether oxygens (including phenoxy) is 2. The highest BCUT2D eigenvalue weighted by atomic mass is 19.3. The molecule has 0 saturated carbocycles. The van der Waals surface area contributed by atoms with Crippen LogP contribution < -0.4 is 14.4 Å². The minimum Gasteiger partial charge on any atom is -0.497 e. The first-order valence-corrected chi connectivity index (χ1v) is 11.0. The van der Waals surface area contributed by atoms with E-state index in [1.54, 1.807) is 19.2 Å². The molecule has 0 amide bonds. The van der Waals surface area contributed by atoms with Crippen LogP contribution in [0.15, 0.2) is 48.5 Å². The van der Waals surface area contributed by atoms with Crippen LogP contribution in [0.2, 0.25) is 0 Å². The molecule has 2 heterocycles. The predicted octanol–water partition coefficient (Wildman–Crippen LogP) is 4.08. The Balaban J connectivity index is 1.31. The molecule has 0 radical (unpaired) electrons. The highest BCUT2D eigenvalue weighted by Crippen LogP contribution is 2.26. The van der Waals surface area contributed by atoms with E-state index in [0.29, 0.717) is 12.6 Å². The van der Waals surface area contributed by atoms with Crippen LogP contribution in [0.25, 0.3) is 0 Å². The van der Waals surface area contributed by atoms with Crippen LogP contribution in [0.3, 0.4) is 0 Å². The van der Waals surface area contributed by atoms with Crippen molar-refractivity contribution in [1.29, 1.82) is 0 Å². The number of halogens is 2.